The summed E-state index contributed by atoms with van der Waals surface area (Å²) in [5.41, 5.74) is 2.66. The zero-order valence-electron chi connectivity index (χ0n) is 16.7. The number of hydrogen-bond acceptors (Lipinski definition) is 6. The van der Waals surface area contributed by atoms with Crippen molar-refractivity contribution < 1.29 is 4.74 Å². The highest BCUT2D eigenvalue weighted by atomic mass is 32.2. The topological polar surface area (TPSA) is 35.0 Å². The summed E-state index contributed by atoms with van der Waals surface area (Å²) in [6.45, 7) is 7.33. The Hall–Kier alpha value is -1.08. The van der Waals surface area contributed by atoms with Gasteiger partial charge in [0.05, 0.1) is 12.2 Å². The number of fused-ring (bicyclic) bond motifs is 3. The Bertz CT molecular complexity index is 957. The van der Waals surface area contributed by atoms with Gasteiger partial charge in [-0.3, -0.25) is 0 Å². The second-order valence-corrected chi connectivity index (χ2v) is 10.5. The Morgan fingerprint density at radius 2 is 1.96 bits per heavy atom. The number of rotatable bonds is 7. The smallest absolute Gasteiger partial charge is 0.190 e. The molecule has 1 aliphatic rings. The van der Waals surface area contributed by atoms with Crippen molar-refractivity contribution in [3.8, 4) is 0 Å². The highest BCUT2D eigenvalue weighted by molar-refractivity contribution is 7.99. The third-order valence-electron chi connectivity index (χ3n) is 5.18. The lowest BCUT2D eigenvalue weighted by atomic mass is 9.90. The average Bonchev–Trinajstić information content (AvgIpc) is 3.08. The van der Waals surface area contributed by atoms with Gasteiger partial charge in [-0.25, -0.2) is 9.97 Å². The molecule has 0 amide bonds. The van der Waals surface area contributed by atoms with Crippen LogP contribution in [0.3, 0.4) is 0 Å². The van der Waals surface area contributed by atoms with Crippen LogP contribution in [0.25, 0.3) is 10.2 Å². The minimum atomic E-state index is -0.0853. The van der Waals surface area contributed by atoms with E-state index in [1.165, 1.54) is 21.4 Å². The van der Waals surface area contributed by atoms with E-state index in [1.54, 1.807) is 23.1 Å². The molecular formula is C22H26N2OS3. The van der Waals surface area contributed by atoms with Crippen LogP contribution in [0.4, 0.5) is 0 Å². The first kappa shape index (κ1) is 20.2. The van der Waals surface area contributed by atoms with E-state index in [2.05, 4.69) is 51.1 Å². The Kier molecular flexibility index (Phi) is 6.30. The highest BCUT2D eigenvalue weighted by Gasteiger charge is 2.33. The molecule has 1 unspecified atom stereocenters. The summed E-state index contributed by atoms with van der Waals surface area (Å²) < 4.78 is 6.19. The summed E-state index contributed by atoms with van der Waals surface area (Å²) in [5, 5.41) is 3.30. The standard InChI is InChI=1S/C22H26N2OS3/c1-4-11-26-21-23-19(27-14-15-9-7-6-8-10-15)18-16-12-22(3,5-2)25-13-17(16)28-20(18)24-21/h6-10H,4-5,11-14H2,1-3H3. The molecule has 0 radical (unpaired) electrons. The molecule has 4 rings (SSSR count). The fraction of sp³-hybridized carbons (Fsp3) is 0.455. The van der Waals surface area contributed by atoms with Gasteiger partial charge >= 0.3 is 0 Å². The van der Waals surface area contributed by atoms with Gasteiger partial charge in [0.2, 0.25) is 0 Å². The quantitative estimate of drug-likeness (QED) is 0.236. The normalized spacial score (nSPS) is 19.1. The second kappa shape index (κ2) is 8.74. The van der Waals surface area contributed by atoms with Crippen LogP contribution >= 0.6 is 34.9 Å². The van der Waals surface area contributed by atoms with E-state index in [0.29, 0.717) is 6.61 Å². The van der Waals surface area contributed by atoms with E-state index in [1.807, 2.05) is 11.8 Å². The molecular weight excluding hydrogens is 404 g/mol. The van der Waals surface area contributed by atoms with Crippen molar-refractivity contribution in [2.24, 2.45) is 0 Å². The fourth-order valence-electron chi connectivity index (χ4n) is 3.34. The van der Waals surface area contributed by atoms with Crippen molar-refractivity contribution in [2.75, 3.05) is 5.75 Å². The first-order valence-electron chi connectivity index (χ1n) is 9.87. The maximum absolute atomic E-state index is 6.19. The van der Waals surface area contributed by atoms with Crippen LogP contribution in [0.5, 0.6) is 0 Å². The van der Waals surface area contributed by atoms with E-state index < -0.39 is 0 Å². The number of thiophene rings is 1. The van der Waals surface area contributed by atoms with Gasteiger partial charge in [0.1, 0.15) is 9.86 Å². The molecule has 0 saturated heterocycles. The van der Waals surface area contributed by atoms with Crippen molar-refractivity contribution in [2.45, 2.75) is 68.2 Å². The predicted octanol–water partition coefficient (Wildman–Crippen LogP) is 6.73. The molecule has 3 nitrogen and oxygen atoms in total. The zero-order valence-corrected chi connectivity index (χ0v) is 19.1. The van der Waals surface area contributed by atoms with E-state index in [4.69, 9.17) is 14.7 Å². The molecule has 6 heteroatoms. The molecule has 0 aliphatic carbocycles. The van der Waals surface area contributed by atoms with Gasteiger partial charge in [0.15, 0.2) is 5.16 Å². The Morgan fingerprint density at radius 1 is 1.14 bits per heavy atom. The van der Waals surface area contributed by atoms with Crippen LogP contribution in [0.15, 0.2) is 40.5 Å². The molecule has 0 spiro atoms. The van der Waals surface area contributed by atoms with Gasteiger partial charge in [0.25, 0.3) is 0 Å². The van der Waals surface area contributed by atoms with Crippen LogP contribution in [-0.2, 0) is 23.5 Å². The van der Waals surface area contributed by atoms with Crippen molar-refractivity contribution in [1.82, 2.24) is 9.97 Å². The molecule has 0 N–H and O–H groups in total. The Morgan fingerprint density at radius 3 is 2.71 bits per heavy atom. The molecule has 3 aromatic rings. The molecule has 3 heterocycles. The predicted molar refractivity (Wildman–Crippen MR) is 122 cm³/mol. The van der Waals surface area contributed by atoms with Gasteiger partial charge < -0.3 is 4.74 Å². The molecule has 0 saturated carbocycles. The number of thioether (sulfide) groups is 2. The zero-order chi connectivity index (χ0) is 19.6. The van der Waals surface area contributed by atoms with Crippen LogP contribution in [0.1, 0.15) is 49.6 Å². The summed E-state index contributed by atoms with van der Waals surface area (Å²) in [6, 6.07) is 10.6. The van der Waals surface area contributed by atoms with Gasteiger partial charge in [0, 0.05) is 28.2 Å². The van der Waals surface area contributed by atoms with Crippen LogP contribution in [0.2, 0.25) is 0 Å². The molecule has 0 bridgehead atoms. The van der Waals surface area contributed by atoms with E-state index in [0.717, 1.165) is 45.8 Å². The number of ether oxygens (including phenoxy) is 1. The minimum Gasteiger partial charge on any atom is -0.369 e. The second-order valence-electron chi connectivity index (χ2n) is 7.39. The Balaban J connectivity index is 1.74. The molecule has 1 aromatic carbocycles. The van der Waals surface area contributed by atoms with Crippen LogP contribution < -0.4 is 0 Å². The third kappa shape index (κ3) is 4.25. The lowest BCUT2D eigenvalue weighted by Crippen LogP contribution is -2.33. The van der Waals surface area contributed by atoms with Crippen LogP contribution in [-0.4, -0.2) is 21.3 Å². The summed E-state index contributed by atoms with van der Waals surface area (Å²) in [5.74, 6) is 1.98. The summed E-state index contributed by atoms with van der Waals surface area (Å²) >= 11 is 5.39. The minimum absolute atomic E-state index is 0.0853. The van der Waals surface area contributed by atoms with E-state index >= 15 is 0 Å². The molecule has 148 valence electrons. The van der Waals surface area contributed by atoms with Crippen molar-refractivity contribution in [3.05, 3.63) is 46.3 Å². The van der Waals surface area contributed by atoms with Crippen molar-refractivity contribution >= 4 is 45.1 Å². The highest BCUT2D eigenvalue weighted by Crippen LogP contribution is 2.43. The maximum Gasteiger partial charge on any atom is 0.190 e. The first-order valence-corrected chi connectivity index (χ1v) is 12.7. The number of aromatic nitrogens is 2. The van der Waals surface area contributed by atoms with Gasteiger partial charge in [-0.05, 0) is 30.9 Å². The lowest BCUT2D eigenvalue weighted by molar-refractivity contribution is -0.0543. The summed E-state index contributed by atoms with van der Waals surface area (Å²) in [6.07, 6.45) is 3.09. The lowest BCUT2D eigenvalue weighted by Gasteiger charge is -2.33. The monoisotopic (exact) mass is 430 g/mol. The van der Waals surface area contributed by atoms with Crippen molar-refractivity contribution in [1.29, 1.82) is 0 Å². The first-order chi connectivity index (χ1) is 13.6. The molecule has 1 atom stereocenters. The van der Waals surface area contributed by atoms with E-state index in [9.17, 15) is 0 Å². The third-order valence-corrected chi connectivity index (χ3v) is 8.38. The largest absolute Gasteiger partial charge is 0.369 e. The number of hydrogen-bond donors (Lipinski definition) is 0. The average molecular weight is 431 g/mol. The van der Waals surface area contributed by atoms with E-state index in [-0.39, 0.29) is 5.60 Å². The van der Waals surface area contributed by atoms with Gasteiger partial charge in [-0.15, -0.1) is 23.1 Å². The number of nitrogens with zero attached hydrogens (tertiary/aromatic N) is 2. The van der Waals surface area contributed by atoms with Crippen LogP contribution in [0, 0.1) is 0 Å². The fourth-order valence-corrected chi connectivity index (χ4v) is 6.33. The SMILES string of the molecule is CCCSc1nc(SCc2ccccc2)c2c3c(sc2n1)COC(C)(CC)C3. The van der Waals surface area contributed by atoms with Gasteiger partial charge in [-0.1, -0.05) is 55.9 Å². The summed E-state index contributed by atoms with van der Waals surface area (Å²) in [7, 11) is 0. The molecule has 1 aliphatic heterocycles. The Labute approximate surface area is 179 Å². The van der Waals surface area contributed by atoms with Crippen molar-refractivity contribution in [3.63, 3.8) is 0 Å². The molecule has 28 heavy (non-hydrogen) atoms. The maximum atomic E-state index is 6.19. The molecule has 0 fully saturated rings. The van der Waals surface area contributed by atoms with Gasteiger partial charge in [-0.2, -0.15) is 0 Å². The summed E-state index contributed by atoms with van der Waals surface area (Å²) in [4.78, 5) is 12.3. The molecule has 2 aromatic heterocycles. The number of benzene rings is 1.